The van der Waals surface area contributed by atoms with Crippen LogP contribution >= 0.6 is 0 Å². The van der Waals surface area contributed by atoms with Crippen LogP contribution in [0.4, 0.5) is 5.69 Å². The summed E-state index contributed by atoms with van der Waals surface area (Å²) in [6.07, 6.45) is 7.98. The number of nitrogens with zero attached hydrogens (tertiary/aromatic N) is 2. The molecule has 0 atom stereocenters. The van der Waals surface area contributed by atoms with Crippen molar-refractivity contribution in [2.24, 2.45) is 0 Å². The smallest absolute Gasteiger partial charge is 0.307 e. The Morgan fingerprint density at radius 3 is 2.14 bits per heavy atom. The number of aromatic nitrogens is 1. The van der Waals surface area contributed by atoms with Crippen LogP contribution in [-0.2, 0) is 17.8 Å². The third kappa shape index (κ3) is 6.45. The lowest BCUT2D eigenvalue weighted by Gasteiger charge is -2.34. The van der Waals surface area contributed by atoms with Gasteiger partial charge < -0.3 is 24.8 Å². The van der Waals surface area contributed by atoms with Crippen LogP contribution in [-0.4, -0.2) is 51.2 Å². The van der Waals surface area contributed by atoms with Crippen molar-refractivity contribution in [2.45, 2.75) is 60.1 Å². The Balaban J connectivity index is 0.000000551. The van der Waals surface area contributed by atoms with Crippen molar-refractivity contribution in [1.82, 2.24) is 4.57 Å². The molecule has 6 heteroatoms. The molecule has 0 bridgehead atoms. The van der Waals surface area contributed by atoms with Crippen LogP contribution in [0.5, 0.6) is 0 Å². The highest BCUT2D eigenvalue weighted by atomic mass is 16.4. The van der Waals surface area contributed by atoms with E-state index in [1.54, 1.807) is 20.8 Å². The van der Waals surface area contributed by atoms with Gasteiger partial charge in [0, 0.05) is 30.7 Å². The zero-order valence-corrected chi connectivity index (χ0v) is 21.7. The molecule has 0 radical (unpaired) electrons. The first kappa shape index (κ1) is 28.0. The Hall–Kier alpha value is -3.27. The second-order valence-electron chi connectivity index (χ2n) is 9.84. The van der Waals surface area contributed by atoms with Crippen LogP contribution in [0, 0.1) is 33.6 Å². The predicted molar refractivity (Wildman–Crippen MR) is 144 cm³/mol. The summed E-state index contributed by atoms with van der Waals surface area (Å²) in [5, 5.41) is 28.8. The number of anilines is 1. The number of β-amino-alcohol motifs (C(OH)–C–C–N with tert-alkyl or cyclic N) is 1. The Bertz CT molecular complexity index is 1190. The van der Waals surface area contributed by atoms with Crippen LogP contribution < -0.4 is 4.90 Å². The summed E-state index contributed by atoms with van der Waals surface area (Å²) in [6.45, 7) is 13.7. The van der Waals surface area contributed by atoms with Crippen molar-refractivity contribution in [2.75, 3.05) is 24.6 Å². The van der Waals surface area contributed by atoms with E-state index in [4.69, 9.17) is 5.11 Å². The third-order valence-corrected chi connectivity index (χ3v) is 5.86. The predicted octanol–water partition coefficient (Wildman–Crippen LogP) is 4.70. The van der Waals surface area contributed by atoms with Crippen LogP contribution in [0.15, 0.2) is 30.3 Å². The summed E-state index contributed by atoms with van der Waals surface area (Å²) in [5.74, 6) is -0.830. The van der Waals surface area contributed by atoms with E-state index in [0.29, 0.717) is 6.54 Å². The van der Waals surface area contributed by atoms with Crippen LogP contribution in [0.1, 0.15) is 43.2 Å². The number of rotatable bonds is 5. The summed E-state index contributed by atoms with van der Waals surface area (Å²) in [6, 6.07) is 10.5. The highest BCUT2D eigenvalue weighted by molar-refractivity contribution is 6.07. The second-order valence-corrected chi connectivity index (χ2v) is 9.84. The molecule has 0 amide bonds. The molecule has 3 N–H and O–H groups in total. The lowest BCUT2D eigenvalue weighted by Crippen LogP contribution is -2.35. The Morgan fingerprint density at radius 1 is 1.06 bits per heavy atom. The van der Waals surface area contributed by atoms with E-state index < -0.39 is 11.6 Å². The number of aryl methyl sites for hydroxylation is 2. The van der Waals surface area contributed by atoms with Gasteiger partial charge in [0.1, 0.15) is 0 Å². The first-order valence-corrected chi connectivity index (χ1v) is 11.8. The number of hydrogen-bond donors (Lipinski definition) is 3. The Labute approximate surface area is 208 Å². The van der Waals surface area contributed by atoms with Gasteiger partial charge in [0.05, 0.1) is 29.8 Å². The van der Waals surface area contributed by atoms with E-state index in [0.717, 1.165) is 51.9 Å². The van der Waals surface area contributed by atoms with Gasteiger partial charge in [-0.25, -0.2) is 0 Å². The first-order chi connectivity index (χ1) is 16.4. The number of aliphatic carboxylic acids is 1. The summed E-state index contributed by atoms with van der Waals surface area (Å²) >= 11 is 0. The van der Waals surface area contributed by atoms with E-state index in [1.807, 2.05) is 6.92 Å². The number of hydrogen-bond acceptors (Lipinski definition) is 4. The highest BCUT2D eigenvalue weighted by Gasteiger charge is 2.28. The maximum Gasteiger partial charge on any atom is 0.307 e. The zero-order valence-electron chi connectivity index (χ0n) is 21.7. The minimum Gasteiger partial charge on any atom is -0.481 e. The molecule has 188 valence electrons. The van der Waals surface area contributed by atoms with E-state index in [-0.39, 0.29) is 13.0 Å². The van der Waals surface area contributed by atoms with E-state index in [2.05, 4.69) is 66.5 Å². The molecule has 0 saturated carbocycles. The molecular formula is C29H38N2O4. The molecule has 35 heavy (non-hydrogen) atoms. The van der Waals surface area contributed by atoms with E-state index in [1.165, 1.54) is 11.3 Å². The second kappa shape index (κ2) is 11.4. The molecule has 2 aromatic carbocycles. The molecular weight excluding hydrogens is 440 g/mol. The van der Waals surface area contributed by atoms with Crippen LogP contribution in [0.2, 0.25) is 0 Å². The largest absolute Gasteiger partial charge is 0.481 e. The minimum absolute atomic E-state index is 0.0187. The van der Waals surface area contributed by atoms with Gasteiger partial charge in [0.2, 0.25) is 0 Å². The summed E-state index contributed by atoms with van der Waals surface area (Å²) in [4.78, 5) is 13.9. The molecule has 0 saturated heterocycles. The van der Waals surface area contributed by atoms with Gasteiger partial charge in [0.25, 0.3) is 0 Å². The van der Waals surface area contributed by atoms with E-state index >= 15 is 0 Å². The highest BCUT2D eigenvalue weighted by Crippen LogP contribution is 2.44. The fourth-order valence-corrected chi connectivity index (χ4v) is 4.57. The van der Waals surface area contributed by atoms with Crippen molar-refractivity contribution in [3.8, 4) is 24.0 Å². The van der Waals surface area contributed by atoms with Gasteiger partial charge in [0.15, 0.2) is 0 Å². The van der Waals surface area contributed by atoms with Gasteiger partial charge in [-0.2, -0.15) is 0 Å². The number of carboxylic acid groups (broad SMARTS) is 1. The Morgan fingerprint density at radius 2 is 1.63 bits per heavy atom. The standard InChI is InChI=1S/C23H26N2O3.C4H10O.C2H2/c1-14-4-6-17(7-5-14)21-18(13-20(27)28)16(3)22-23-19(21)12-15(2)25(23)9-8-24(22)10-11-26;1-4(2,3)5;1-2/h4-7,12,26H,8-11,13H2,1-3H3,(H,27,28);5H,1-3H3;1-2H. The Kier molecular flexibility index (Phi) is 9.14. The third-order valence-electron chi connectivity index (χ3n) is 5.86. The minimum atomic E-state index is -0.830. The molecule has 0 unspecified atom stereocenters. The maximum atomic E-state index is 11.7. The molecule has 0 fully saturated rings. The summed E-state index contributed by atoms with van der Waals surface area (Å²) < 4.78 is 2.33. The molecule has 4 rings (SSSR count). The van der Waals surface area contributed by atoms with Crippen molar-refractivity contribution in [3.63, 3.8) is 0 Å². The van der Waals surface area contributed by atoms with Gasteiger partial charge in [-0.3, -0.25) is 4.79 Å². The lowest BCUT2D eigenvalue weighted by atomic mass is 9.88. The molecule has 6 nitrogen and oxygen atoms in total. The van der Waals surface area contributed by atoms with Gasteiger partial charge in [-0.1, -0.05) is 29.8 Å². The van der Waals surface area contributed by atoms with Crippen molar-refractivity contribution in [1.29, 1.82) is 0 Å². The molecule has 1 aliphatic heterocycles. The molecule has 0 aliphatic carbocycles. The lowest BCUT2D eigenvalue weighted by molar-refractivity contribution is -0.136. The molecule has 2 heterocycles. The molecule has 1 aliphatic rings. The SMILES string of the molecule is C#C.CC(C)(C)O.Cc1ccc(-c2c(CC(=O)O)c(C)c3c4c2cc(C)n4CCN3CCO)cc1. The normalized spacial score (nSPS) is 12.5. The van der Waals surface area contributed by atoms with Crippen molar-refractivity contribution in [3.05, 3.63) is 52.7 Å². The average molecular weight is 479 g/mol. The van der Waals surface area contributed by atoms with Crippen LogP contribution in [0.3, 0.4) is 0 Å². The maximum absolute atomic E-state index is 11.7. The quantitative estimate of drug-likeness (QED) is 0.463. The van der Waals surface area contributed by atoms with Gasteiger partial charge >= 0.3 is 5.97 Å². The number of aliphatic hydroxyl groups excluding tert-OH is 1. The van der Waals surface area contributed by atoms with Gasteiger partial charge in [-0.05, 0) is 69.9 Å². The number of aliphatic hydroxyl groups is 2. The van der Waals surface area contributed by atoms with E-state index in [9.17, 15) is 15.0 Å². The number of carbonyl (C=O) groups is 1. The number of terminal acetylenes is 1. The van der Waals surface area contributed by atoms with Gasteiger partial charge in [-0.15, -0.1) is 12.8 Å². The molecule has 0 spiro atoms. The first-order valence-electron chi connectivity index (χ1n) is 11.8. The zero-order chi connectivity index (χ0) is 26.5. The fraction of sp³-hybridized carbons (Fsp3) is 0.414. The number of benzene rings is 2. The van der Waals surface area contributed by atoms with Crippen LogP contribution in [0.25, 0.3) is 22.0 Å². The van der Waals surface area contributed by atoms with Crippen molar-refractivity contribution >= 4 is 22.6 Å². The summed E-state index contributed by atoms with van der Waals surface area (Å²) in [7, 11) is 0. The average Bonchev–Trinajstić information content (AvgIpc) is 3.10. The molecule has 1 aromatic heterocycles. The monoisotopic (exact) mass is 478 g/mol. The fourth-order valence-electron chi connectivity index (χ4n) is 4.57. The summed E-state index contributed by atoms with van der Waals surface area (Å²) in [5.41, 5.74) is 8.00. The molecule has 3 aromatic rings. The topological polar surface area (TPSA) is 85.9 Å². The van der Waals surface area contributed by atoms with Crippen molar-refractivity contribution < 1.29 is 20.1 Å². The number of carboxylic acids is 1.